The molecule has 6 amide bonds. The Balaban J connectivity index is 3.39. The topological polar surface area (TPSA) is 389 Å². The summed E-state index contributed by atoms with van der Waals surface area (Å²) in [4.78, 5) is 99.1. The maximum atomic E-state index is 13.8. The van der Waals surface area contributed by atoms with Gasteiger partial charge in [0.1, 0.15) is 24.2 Å². The van der Waals surface area contributed by atoms with Crippen molar-refractivity contribution < 1.29 is 38.6 Å². The second-order valence-electron chi connectivity index (χ2n) is 13.6. The lowest BCUT2D eigenvalue weighted by Gasteiger charge is -2.28. The first-order valence-electron chi connectivity index (χ1n) is 17.3. The number of carbonyl (C=O) groups is 6. The van der Waals surface area contributed by atoms with Gasteiger partial charge in [-0.05, 0) is 50.5 Å². The standard InChI is InChI=1S/C32H53N13O10/c1-15(2)11-20(33)29(49)39-14-24(46)41-22(12-16(3)4)30(50)43-26(19-9-8-18(44(52)53)13-23(19)45(54)55)25(34)31(51)40-17(5)28(48)42-21(27(35)47)7-6-10-38-32(36)37/h8-9,13,15-17,20-22,25-26H,6-7,10-12,14,33-34H2,1-5H3,(H2,35,47)(H,39,49)(H,40,51)(H,41,46)(H,42,48)(H,43,50)(H4,36,37,38)/t17-,20-,21-,22-,25?,26?/m0/s1. The molecule has 0 aliphatic carbocycles. The molecule has 1 aromatic rings. The quantitative estimate of drug-likeness (QED) is 0.0184. The molecule has 0 heterocycles. The Labute approximate surface area is 317 Å². The van der Waals surface area contributed by atoms with Crippen LogP contribution >= 0.6 is 0 Å². The van der Waals surface area contributed by atoms with Crippen LogP contribution in [0.4, 0.5) is 11.4 Å². The van der Waals surface area contributed by atoms with Gasteiger partial charge in [-0.1, -0.05) is 27.7 Å². The third-order valence-corrected chi connectivity index (χ3v) is 7.96. The molecule has 55 heavy (non-hydrogen) atoms. The lowest BCUT2D eigenvalue weighted by molar-refractivity contribution is -0.394. The lowest BCUT2D eigenvalue weighted by atomic mass is 9.95. The van der Waals surface area contributed by atoms with Crippen molar-refractivity contribution in [1.29, 1.82) is 5.41 Å². The van der Waals surface area contributed by atoms with Gasteiger partial charge < -0.3 is 54.8 Å². The van der Waals surface area contributed by atoms with Gasteiger partial charge >= 0.3 is 0 Å². The Morgan fingerprint density at radius 1 is 0.764 bits per heavy atom. The average Bonchev–Trinajstić information content (AvgIpc) is 3.08. The van der Waals surface area contributed by atoms with Crippen LogP contribution in [0.2, 0.25) is 0 Å². The molecule has 0 spiro atoms. The van der Waals surface area contributed by atoms with E-state index in [-0.39, 0.29) is 43.6 Å². The third kappa shape index (κ3) is 16.3. The van der Waals surface area contributed by atoms with Crippen LogP contribution in [-0.4, -0.2) is 94.5 Å². The zero-order valence-electron chi connectivity index (χ0n) is 31.4. The maximum Gasteiger partial charge on any atom is 0.281 e. The summed E-state index contributed by atoms with van der Waals surface area (Å²) >= 11 is 0. The molecular weight excluding hydrogens is 726 g/mol. The number of primary amides is 1. The van der Waals surface area contributed by atoms with Crippen molar-refractivity contribution in [2.24, 2.45) is 34.8 Å². The van der Waals surface area contributed by atoms with E-state index in [9.17, 15) is 49.0 Å². The summed E-state index contributed by atoms with van der Waals surface area (Å²) < 4.78 is 0. The van der Waals surface area contributed by atoms with E-state index in [0.717, 1.165) is 12.1 Å². The highest BCUT2D eigenvalue weighted by molar-refractivity contribution is 5.94. The molecule has 0 aromatic heterocycles. The minimum Gasteiger partial charge on any atom is -0.370 e. The number of guanidine groups is 1. The van der Waals surface area contributed by atoms with Crippen molar-refractivity contribution in [2.45, 2.75) is 96.6 Å². The van der Waals surface area contributed by atoms with Crippen molar-refractivity contribution in [2.75, 3.05) is 13.1 Å². The number of hydrogen-bond acceptors (Lipinski definition) is 13. The van der Waals surface area contributed by atoms with Gasteiger partial charge in [0.05, 0.1) is 40.1 Å². The largest absolute Gasteiger partial charge is 0.370 e. The number of nitrogens with two attached hydrogens (primary N) is 4. The molecular formula is C32H53N13O10. The zero-order chi connectivity index (χ0) is 42.2. The van der Waals surface area contributed by atoms with Gasteiger partial charge in [-0.2, -0.15) is 0 Å². The van der Waals surface area contributed by atoms with E-state index < -0.39 is 105 Å². The highest BCUT2D eigenvalue weighted by Gasteiger charge is 2.37. The van der Waals surface area contributed by atoms with E-state index in [2.05, 4.69) is 31.9 Å². The average molecular weight is 780 g/mol. The highest BCUT2D eigenvalue weighted by atomic mass is 16.6. The molecule has 6 atom stereocenters. The van der Waals surface area contributed by atoms with E-state index >= 15 is 0 Å². The summed E-state index contributed by atoms with van der Waals surface area (Å²) in [6.07, 6.45) is 0.686. The maximum absolute atomic E-state index is 13.8. The molecule has 0 fully saturated rings. The fourth-order valence-electron chi connectivity index (χ4n) is 5.18. The summed E-state index contributed by atoms with van der Waals surface area (Å²) in [6, 6.07) is -5.97. The molecule has 0 aliphatic rings. The van der Waals surface area contributed by atoms with Gasteiger partial charge in [0, 0.05) is 12.6 Å². The predicted octanol–water partition coefficient (Wildman–Crippen LogP) is -2.25. The summed E-state index contributed by atoms with van der Waals surface area (Å²) in [5.74, 6) is -5.63. The molecule has 306 valence electrons. The number of nitro groups is 2. The number of benzene rings is 1. The normalized spacial score (nSPS) is 14.3. The van der Waals surface area contributed by atoms with Crippen molar-refractivity contribution >= 4 is 52.8 Å². The first kappa shape index (κ1) is 47.1. The molecule has 0 saturated carbocycles. The molecule has 23 heteroatoms. The number of nitro benzene ring substituents is 2. The van der Waals surface area contributed by atoms with Gasteiger partial charge in [0.15, 0.2) is 5.96 Å². The second-order valence-corrected chi connectivity index (χ2v) is 13.6. The van der Waals surface area contributed by atoms with Crippen LogP contribution in [0.25, 0.3) is 0 Å². The number of carbonyl (C=O) groups excluding carboxylic acids is 6. The highest BCUT2D eigenvalue weighted by Crippen LogP contribution is 2.31. The number of nitrogens with zero attached hydrogens (tertiary/aromatic N) is 2. The van der Waals surface area contributed by atoms with E-state index in [0.29, 0.717) is 12.5 Å². The molecule has 15 N–H and O–H groups in total. The fourth-order valence-corrected chi connectivity index (χ4v) is 5.18. The van der Waals surface area contributed by atoms with Crippen LogP contribution in [0.5, 0.6) is 0 Å². The molecule has 0 bridgehead atoms. The van der Waals surface area contributed by atoms with Crippen LogP contribution < -0.4 is 54.8 Å². The third-order valence-electron chi connectivity index (χ3n) is 7.96. The molecule has 0 radical (unpaired) electrons. The van der Waals surface area contributed by atoms with Gasteiger partial charge in [0.2, 0.25) is 35.4 Å². The Morgan fingerprint density at radius 2 is 1.38 bits per heavy atom. The molecule has 0 aliphatic heterocycles. The number of amides is 6. The number of hydrogen-bond donors (Lipinski definition) is 11. The lowest BCUT2D eigenvalue weighted by Crippen LogP contribution is -2.58. The summed E-state index contributed by atoms with van der Waals surface area (Å²) in [6.45, 7) is 8.08. The summed E-state index contributed by atoms with van der Waals surface area (Å²) in [7, 11) is 0. The van der Waals surface area contributed by atoms with E-state index in [4.69, 9.17) is 28.3 Å². The van der Waals surface area contributed by atoms with Crippen LogP contribution in [0.3, 0.4) is 0 Å². The molecule has 1 aromatic carbocycles. The Hall–Kier alpha value is -5.97. The fraction of sp³-hybridized carbons (Fsp3) is 0.594. The van der Waals surface area contributed by atoms with Crippen molar-refractivity contribution in [1.82, 2.24) is 31.9 Å². The Kier molecular flexibility index (Phi) is 19.1. The number of non-ortho nitro benzene ring substituents is 1. The van der Waals surface area contributed by atoms with Crippen molar-refractivity contribution in [3.05, 3.63) is 44.0 Å². The molecule has 23 nitrogen and oxygen atoms in total. The van der Waals surface area contributed by atoms with Gasteiger partial charge in [0.25, 0.3) is 11.4 Å². The smallest absolute Gasteiger partial charge is 0.281 e. The summed E-state index contributed by atoms with van der Waals surface area (Å²) in [5, 5.41) is 45.3. The Morgan fingerprint density at radius 3 is 1.91 bits per heavy atom. The number of nitrogens with one attached hydrogen (secondary N) is 7. The predicted molar refractivity (Wildman–Crippen MR) is 198 cm³/mol. The monoisotopic (exact) mass is 779 g/mol. The zero-order valence-corrected chi connectivity index (χ0v) is 31.4. The van der Waals surface area contributed by atoms with Gasteiger partial charge in [-0.25, -0.2) is 0 Å². The van der Waals surface area contributed by atoms with Crippen molar-refractivity contribution in [3.8, 4) is 0 Å². The van der Waals surface area contributed by atoms with E-state index in [1.165, 1.54) is 6.92 Å². The second kappa shape index (κ2) is 22.3. The Bertz CT molecular complexity index is 1590. The first-order chi connectivity index (χ1) is 25.5. The minimum atomic E-state index is -1.89. The van der Waals surface area contributed by atoms with Crippen LogP contribution in [0.15, 0.2) is 18.2 Å². The SMILES string of the molecule is CC(C)C[C@H](NC(=O)CNC(=O)[C@@H](N)CC(C)C)C(=O)NC(c1ccc([N+](=O)[O-])cc1[N+](=O)[O-])C(N)C(=O)N[C@@H](C)C(=O)N[C@@H](CCCNC(=N)N)C(N)=O. The van der Waals surface area contributed by atoms with Crippen molar-refractivity contribution in [3.63, 3.8) is 0 Å². The van der Waals surface area contributed by atoms with E-state index in [1.807, 2.05) is 13.8 Å². The molecule has 0 saturated heterocycles. The summed E-state index contributed by atoms with van der Waals surface area (Å²) in [5.41, 5.74) is 20.8. The molecule has 1 rings (SSSR count). The van der Waals surface area contributed by atoms with Gasteiger partial charge in [-0.3, -0.25) is 54.4 Å². The van der Waals surface area contributed by atoms with Crippen LogP contribution in [0.1, 0.15) is 71.9 Å². The van der Waals surface area contributed by atoms with E-state index in [1.54, 1.807) is 13.8 Å². The van der Waals surface area contributed by atoms with Gasteiger partial charge in [-0.15, -0.1) is 0 Å². The van der Waals surface area contributed by atoms with Crippen LogP contribution in [-0.2, 0) is 28.8 Å². The van der Waals surface area contributed by atoms with Crippen LogP contribution in [0, 0.1) is 37.5 Å². The minimum absolute atomic E-state index is 0.0118. The molecule has 2 unspecified atom stereocenters. The number of rotatable bonds is 23. The first-order valence-corrected chi connectivity index (χ1v) is 17.3.